The number of hydrogen-bond acceptors (Lipinski definition) is 4. The van der Waals surface area contributed by atoms with Crippen molar-refractivity contribution >= 4 is 11.9 Å². The number of hydrogen-bond donors (Lipinski definition) is 1. The minimum atomic E-state index is -0.762. The minimum absolute atomic E-state index is 0.0351. The molecule has 2 atom stereocenters. The summed E-state index contributed by atoms with van der Waals surface area (Å²) in [5, 5.41) is 9.35. The number of halogens is 1. The first-order chi connectivity index (χ1) is 11.9. The summed E-state index contributed by atoms with van der Waals surface area (Å²) in [6, 6.07) is 6.17. The zero-order chi connectivity index (χ0) is 18.0. The van der Waals surface area contributed by atoms with Gasteiger partial charge in [0.05, 0.1) is 12.3 Å². The molecule has 0 aliphatic carbocycles. The molecule has 0 spiro atoms. The molecule has 136 valence electrons. The molecule has 0 radical (unpaired) electrons. The number of nitrogens with zero attached hydrogens (tertiary/aromatic N) is 3. The van der Waals surface area contributed by atoms with Gasteiger partial charge in [0.25, 0.3) is 0 Å². The first-order valence-corrected chi connectivity index (χ1v) is 8.60. The third-order valence-corrected chi connectivity index (χ3v) is 5.08. The average molecular weight is 349 g/mol. The van der Waals surface area contributed by atoms with Crippen molar-refractivity contribution in [3.8, 4) is 0 Å². The van der Waals surface area contributed by atoms with Gasteiger partial charge < -0.3 is 14.9 Å². The Morgan fingerprint density at radius 2 is 1.84 bits per heavy atom. The van der Waals surface area contributed by atoms with Crippen LogP contribution in [-0.2, 0) is 16.0 Å². The molecule has 1 aromatic carbocycles. The van der Waals surface area contributed by atoms with Gasteiger partial charge in [-0.05, 0) is 24.7 Å². The standard InChI is InChI=1S/C18H24FN3O3/c1-20-9-14(18(24)25)10-21-6-7-22(12-16(21)11-20)17(23)8-13-2-4-15(19)5-3-13/h2-5,14,16H,6-12H2,1H3,(H,24,25)/t14-,16-/m1/s1. The van der Waals surface area contributed by atoms with E-state index in [-0.39, 0.29) is 24.2 Å². The fraction of sp³-hybridized carbons (Fsp3) is 0.556. The van der Waals surface area contributed by atoms with E-state index in [0.717, 1.165) is 12.1 Å². The Morgan fingerprint density at radius 1 is 1.12 bits per heavy atom. The first kappa shape index (κ1) is 17.8. The van der Waals surface area contributed by atoms with Crippen LogP contribution in [0.5, 0.6) is 0 Å². The van der Waals surface area contributed by atoms with Crippen LogP contribution in [0.4, 0.5) is 4.39 Å². The second-order valence-electron chi connectivity index (χ2n) is 7.05. The van der Waals surface area contributed by atoms with Gasteiger partial charge in [0.15, 0.2) is 0 Å². The summed E-state index contributed by atoms with van der Waals surface area (Å²) in [6.45, 7) is 3.72. The number of rotatable bonds is 3. The minimum Gasteiger partial charge on any atom is -0.481 e. The number of carbonyl (C=O) groups is 2. The topological polar surface area (TPSA) is 64.1 Å². The Kier molecular flexibility index (Phi) is 5.34. The maximum atomic E-state index is 13.0. The van der Waals surface area contributed by atoms with Gasteiger partial charge in [-0.3, -0.25) is 14.5 Å². The van der Waals surface area contributed by atoms with E-state index < -0.39 is 11.9 Å². The highest BCUT2D eigenvalue weighted by atomic mass is 19.1. The number of amides is 1. The molecular formula is C18H24FN3O3. The Bertz CT molecular complexity index is 637. The molecule has 7 heteroatoms. The van der Waals surface area contributed by atoms with Crippen molar-refractivity contribution in [2.75, 3.05) is 46.3 Å². The fourth-order valence-electron chi connectivity index (χ4n) is 3.73. The second kappa shape index (κ2) is 7.49. The van der Waals surface area contributed by atoms with Gasteiger partial charge >= 0.3 is 5.97 Å². The zero-order valence-electron chi connectivity index (χ0n) is 14.4. The van der Waals surface area contributed by atoms with Gasteiger partial charge in [-0.1, -0.05) is 12.1 Å². The Balaban J connectivity index is 1.62. The normalized spacial score (nSPS) is 25.3. The van der Waals surface area contributed by atoms with Crippen molar-refractivity contribution in [2.45, 2.75) is 12.5 Å². The largest absolute Gasteiger partial charge is 0.481 e. The van der Waals surface area contributed by atoms with Crippen molar-refractivity contribution < 1.29 is 19.1 Å². The SMILES string of the molecule is CN1C[C@@H](C(=O)O)CN2CCN(C(=O)Cc3ccc(F)cc3)C[C@H]2C1. The fourth-order valence-corrected chi connectivity index (χ4v) is 3.73. The van der Waals surface area contributed by atoms with Gasteiger partial charge in [-0.15, -0.1) is 0 Å². The summed E-state index contributed by atoms with van der Waals surface area (Å²) in [6.07, 6.45) is 0.264. The van der Waals surface area contributed by atoms with Crippen molar-refractivity contribution in [3.63, 3.8) is 0 Å². The molecule has 0 unspecified atom stereocenters. The number of fused-ring (bicyclic) bond motifs is 1. The van der Waals surface area contributed by atoms with Crippen molar-refractivity contribution in [3.05, 3.63) is 35.6 Å². The highest BCUT2D eigenvalue weighted by Crippen LogP contribution is 2.19. The lowest BCUT2D eigenvalue weighted by Gasteiger charge is -2.41. The molecule has 0 saturated carbocycles. The second-order valence-corrected chi connectivity index (χ2v) is 7.05. The molecule has 2 saturated heterocycles. The van der Waals surface area contributed by atoms with Gasteiger partial charge in [-0.2, -0.15) is 0 Å². The van der Waals surface area contributed by atoms with E-state index >= 15 is 0 Å². The predicted octanol–water partition coefficient (Wildman–Crippen LogP) is 0.527. The quantitative estimate of drug-likeness (QED) is 0.862. The lowest BCUT2D eigenvalue weighted by molar-refractivity contribution is -0.143. The van der Waals surface area contributed by atoms with Crippen LogP contribution in [0.3, 0.4) is 0 Å². The lowest BCUT2D eigenvalue weighted by Crippen LogP contribution is -2.57. The Hall–Kier alpha value is -1.99. The molecule has 6 nitrogen and oxygen atoms in total. The number of aliphatic carboxylic acids is 1. The summed E-state index contributed by atoms with van der Waals surface area (Å²) in [4.78, 5) is 30.0. The summed E-state index contributed by atoms with van der Waals surface area (Å²) in [5.74, 6) is -1.42. The molecule has 25 heavy (non-hydrogen) atoms. The van der Waals surface area contributed by atoms with Crippen LogP contribution >= 0.6 is 0 Å². The van der Waals surface area contributed by atoms with Crippen LogP contribution in [0.2, 0.25) is 0 Å². The molecule has 2 heterocycles. The number of carboxylic acids is 1. The number of carbonyl (C=O) groups excluding carboxylic acids is 1. The van der Waals surface area contributed by atoms with Gasteiger partial charge in [-0.25, -0.2) is 4.39 Å². The number of benzene rings is 1. The highest BCUT2D eigenvalue weighted by molar-refractivity contribution is 5.79. The van der Waals surface area contributed by atoms with E-state index in [1.54, 1.807) is 12.1 Å². The van der Waals surface area contributed by atoms with Gasteiger partial charge in [0.2, 0.25) is 5.91 Å². The summed E-state index contributed by atoms with van der Waals surface area (Å²) in [7, 11) is 1.93. The smallest absolute Gasteiger partial charge is 0.309 e. The highest BCUT2D eigenvalue weighted by Gasteiger charge is 2.36. The van der Waals surface area contributed by atoms with Crippen molar-refractivity contribution in [2.24, 2.45) is 5.92 Å². The monoisotopic (exact) mass is 349 g/mol. The van der Waals surface area contributed by atoms with Crippen LogP contribution in [0.15, 0.2) is 24.3 Å². The molecule has 1 N–H and O–H groups in total. The molecule has 1 aromatic rings. The molecule has 1 amide bonds. The molecule has 2 fully saturated rings. The van der Waals surface area contributed by atoms with E-state index in [1.807, 2.05) is 16.8 Å². The van der Waals surface area contributed by atoms with Crippen LogP contribution in [0.25, 0.3) is 0 Å². The third-order valence-electron chi connectivity index (χ3n) is 5.08. The zero-order valence-corrected chi connectivity index (χ0v) is 14.4. The van der Waals surface area contributed by atoms with Crippen molar-refractivity contribution in [1.82, 2.24) is 14.7 Å². The van der Waals surface area contributed by atoms with E-state index in [9.17, 15) is 19.1 Å². The van der Waals surface area contributed by atoms with Crippen LogP contribution in [0.1, 0.15) is 5.56 Å². The van der Waals surface area contributed by atoms with Crippen LogP contribution in [0, 0.1) is 11.7 Å². The Labute approximate surface area is 146 Å². The number of likely N-dealkylation sites (N-methyl/N-ethyl adjacent to an activating group) is 1. The Morgan fingerprint density at radius 3 is 2.52 bits per heavy atom. The number of carboxylic acid groups (broad SMARTS) is 1. The molecule has 0 bridgehead atoms. The predicted molar refractivity (Wildman–Crippen MR) is 90.7 cm³/mol. The van der Waals surface area contributed by atoms with E-state index in [2.05, 4.69) is 4.90 Å². The summed E-state index contributed by atoms with van der Waals surface area (Å²) in [5.41, 5.74) is 0.803. The van der Waals surface area contributed by atoms with Crippen LogP contribution in [-0.4, -0.2) is 84.0 Å². The van der Waals surface area contributed by atoms with Gasteiger partial charge in [0.1, 0.15) is 5.82 Å². The molecule has 3 rings (SSSR count). The summed E-state index contributed by atoms with van der Waals surface area (Å²) < 4.78 is 13.0. The number of piperazine rings is 1. The van der Waals surface area contributed by atoms with E-state index in [1.165, 1.54) is 12.1 Å². The first-order valence-electron chi connectivity index (χ1n) is 8.60. The lowest BCUT2D eigenvalue weighted by atomic mass is 10.1. The van der Waals surface area contributed by atoms with E-state index in [4.69, 9.17) is 0 Å². The maximum absolute atomic E-state index is 13.0. The summed E-state index contributed by atoms with van der Waals surface area (Å²) >= 11 is 0. The maximum Gasteiger partial charge on any atom is 0.309 e. The molecule has 0 aromatic heterocycles. The molecule has 2 aliphatic rings. The van der Waals surface area contributed by atoms with Crippen molar-refractivity contribution in [1.29, 1.82) is 0 Å². The van der Waals surface area contributed by atoms with Gasteiger partial charge in [0, 0.05) is 45.3 Å². The van der Waals surface area contributed by atoms with Crippen LogP contribution < -0.4 is 0 Å². The molecular weight excluding hydrogens is 325 g/mol. The average Bonchev–Trinajstić information content (AvgIpc) is 2.74. The third kappa shape index (κ3) is 4.35. The molecule has 2 aliphatic heterocycles. The van der Waals surface area contributed by atoms with E-state index in [0.29, 0.717) is 32.7 Å².